The Balaban J connectivity index is 1.76. The van der Waals surface area contributed by atoms with Crippen LogP contribution in [0, 0.1) is 0 Å². The number of nitrogens with one attached hydrogen (secondary N) is 1. The molecule has 116 valence electrons. The van der Waals surface area contributed by atoms with Gasteiger partial charge in [0, 0.05) is 19.8 Å². The van der Waals surface area contributed by atoms with Crippen molar-refractivity contribution in [2.45, 2.75) is 77.7 Å². The molecule has 0 bridgehead atoms. The second-order valence-electron chi connectivity index (χ2n) is 5.84. The molecule has 1 heterocycles. The van der Waals surface area contributed by atoms with Crippen molar-refractivity contribution in [1.82, 2.24) is 15.1 Å². The molecule has 1 N–H and O–H groups in total. The van der Waals surface area contributed by atoms with Gasteiger partial charge in [-0.15, -0.1) is 0 Å². The highest BCUT2D eigenvalue weighted by Gasteiger charge is 1.96. The fourth-order valence-electron chi connectivity index (χ4n) is 2.51. The summed E-state index contributed by atoms with van der Waals surface area (Å²) in [5.41, 5.74) is 1.14. The maximum absolute atomic E-state index is 4.35. The third-order valence-corrected chi connectivity index (χ3v) is 3.78. The lowest BCUT2D eigenvalue weighted by Gasteiger charge is -2.03. The van der Waals surface area contributed by atoms with Gasteiger partial charge in [0.1, 0.15) is 0 Å². The van der Waals surface area contributed by atoms with Gasteiger partial charge in [0.15, 0.2) is 0 Å². The van der Waals surface area contributed by atoms with Crippen LogP contribution in [-0.2, 0) is 13.6 Å². The van der Waals surface area contributed by atoms with E-state index in [1.807, 2.05) is 17.9 Å². The van der Waals surface area contributed by atoms with Crippen LogP contribution in [0.1, 0.15) is 76.8 Å². The van der Waals surface area contributed by atoms with Crippen molar-refractivity contribution in [2.75, 3.05) is 6.54 Å². The van der Waals surface area contributed by atoms with Crippen molar-refractivity contribution in [1.29, 1.82) is 0 Å². The molecule has 0 unspecified atom stereocenters. The molecule has 0 spiro atoms. The van der Waals surface area contributed by atoms with E-state index in [-0.39, 0.29) is 0 Å². The number of aryl methyl sites for hydroxylation is 1. The summed E-state index contributed by atoms with van der Waals surface area (Å²) in [6, 6.07) is 2.07. The topological polar surface area (TPSA) is 29.9 Å². The predicted octanol–water partition coefficient (Wildman–Crippen LogP) is 4.43. The van der Waals surface area contributed by atoms with E-state index in [0.717, 1.165) is 18.8 Å². The summed E-state index contributed by atoms with van der Waals surface area (Å²) < 4.78 is 1.86. The van der Waals surface area contributed by atoms with Crippen LogP contribution in [0.2, 0.25) is 0 Å². The minimum absolute atomic E-state index is 0.901. The van der Waals surface area contributed by atoms with Gasteiger partial charge in [-0.1, -0.05) is 64.7 Å². The number of hydrogen-bond acceptors (Lipinski definition) is 2. The number of nitrogens with zero attached hydrogens (tertiary/aromatic N) is 2. The zero-order chi connectivity index (χ0) is 14.5. The quantitative estimate of drug-likeness (QED) is 0.541. The largest absolute Gasteiger partial charge is 0.311 e. The lowest BCUT2D eigenvalue weighted by atomic mass is 10.1. The van der Waals surface area contributed by atoms with E-state index in [4.69, 9.17) is 0 Å². The molecule has 3 heteroatoms. The zero-order valence-electron chi connectivity index (χ0n) is 13.5. The van der Waals surface area contributed by atoms with E-state index in [2.05, 4.69) is 23.4 Å². The van der Waals surface area contributed by atoms with Gasteiger partial charge in [-0.05, 0) is 19.0 Å². The van der Waals surface area contributed by atoms with Crippen LogP contribution >= 0.6 is 0 Å². The smallest absolute Gasteiger partial charge is 0.0762 e. The summed E-state index contributed by atoms with van der Waals surface area (Å²) >= 11 is 0. The molecule has 0 saturated carbocycles. The minimum Gasteiger partial charge on any atom is -0.311 e. The predicted molar refractivity (Wildman–Crippen MR) is 86.8 cm³/mol. The van der Waals surface area contributed by atoms with E-state index in [1.165, 1.54) is 64.2 Å². The van der Waals surface area contributed by atoms with E-state index in [9.17, 15) is 0 Å². The Labute approximate surface area is 125 Å². The summed E-state index contributed by atoms with van der Waals surface area (Å²) in [5.74, 6) is 0. The average Bonchev–Trinajstić information content (AvgIpc) is 2.86. The van der Waals surface area contributed by atoms with Crippen LogP contribution in [0.3, 0.4) is 0 Å². The number of hydrogen-bond donors (Lipinski definition) is 1. The first-order valence-electron chi connectivity index (χ1n) is 8.52. The summed E-state index contributed by atoms with van der Waals surface area (Å²) in [7, 11) is 1.96. The molecule has 1 aromatic rings. The van der Waals surface area contributed by atoms with Gasteiger partial charge in [-0.25, -0.2) is 0 Å². The monoisotopic (exact) mass is 279 g/mol. The van der Waals surface area contributed by atoms with Gasteiger partial charge in [-0.3, -0.25) is 4.68 Å². The molecule has 0 amide bonds. The SMILES string of the molecule is CCCCCCCCCCCCNCc1ccn(C)n1. The van der Waals surface area contributed by atoms with Gasteiger partial charge in [0.25, 0.3) is 0 Å². The normalized spacial score (nSPS) is 11.1. The maximum atomic E-state index is 4.35. The van der Waals surface area contributed by atoms with Gasteiger partial charge >= 0.3 is 0 Å². The van der Waals surface area contributed by atoms with Crippen molar-refractivity contribution in [3.63, 3.8) is 0 Å². The third-order valence-electron chi connectivity index (χ3n) is 3.78. The lowest BCUT2D eigenvalue weighted by Crippen LogP contribution is -2.15. The highest BCUT2D eigenvalue weighted by atomic mass is 15.3. The van der Waals surface area contributed by atoms with Crippen molar-refractivity contribution < 1.29 is 0 Å². The van der Waals surface area contributed by atoms with Gasteiger partial charge in [0.05, 0.1) is 5.69 Å². The fourth-order valence-corrected chi connectivity index (χ4v) is 2.51. The molecule has 0 aromatic carbocycles. The summed E-state index contributed by atoms with van der Waals surface area (Å²) in [6.07, 6.45) is 16.0. The van der Waals surface area contributed by atoms with Crippen molar-refractivity contribution in [3.8, 4) is 0 Å². The molecular weight excluding hydrogens is 246 g/mol. The molecule has 1 aromatic heterocycles. The molecule has 0 fully saturated rings. The summed E-state index contributed by atoms with van der Waals surface area (Å²) in [5, 5.41) is 7.82. The van der Waals surface area contributed by atoms with E-state index < -0.39 is 0 Å². The Hall–Kier alpha value is -0.830. The molecule has 0 atom stereocenters. The maximum Gasteiger partial charge on any atom is 0.0762 e. The fraction of sp³-hybridized carbons (Fsp3) is 0.824. The molecule has 0 aliphatic heterocycles. The number of unbranched alkanes of at least 4 members (excludes halogenated alkanes) is 9. The summed E-state index contributed by atoms with van der Waals surface area (Å²) in [4.78, 5) is 0. The van der Waals surface area contributed by atoms with Crippen LogP contribution in [0.4, 0.5) is 0 Å². The first-order valence-corrected chi connectivity index (χ1v) is 8.52. The molecule has 0 saturated heterocycles. The molecule has 20 heavy (non-hydrogen) atoms. The van der Waals surface area contributed by atoms with Crippen LogP contribution in [0.5, 0.6) is 0 Å². The Bertz CT molecular complexity index is 320. The second kappa shape index (κ2) is 12.0. The number of rotatable bonds is 13. The van der Waals surface area contributed by atoms with E-state index in [1.54, 1.807) is 0 Å². The lowest BCUT2D eigenvalue weighted by molar-refractivity contribution is 0.541. The Morgan fingerprint density at radius 2 is 1.55 bits per heavy atom. The standard InChI is InChI=1S/C17H33N3/c1-3-4-5-6-7-8-9-10-11-12-14-18-16-17-13-15-20(2)19-17/h13,15,18H,3-12,14,16H2,1-2H3. The molecule has 0 aliphatic rings. The molecule has 0 aliphatic carbocycles. The van der Waals surface area contributed by atoms with Gasteiger partial charge in [0.2, 0.25) is 0 Å². The highest BCUT2D eigenvalue weighted by molar-refractivity contribution is 4.97. The third kappa shape index (κ3) is 9.13. The Kier molecular flexibility index (Phi) is 10.3. The minimum atomic E-state index is 0.901. The van der Waals surface area contributed by atoms with Crippen LogP contribution in [0.15, 0.2) is 12.3 Å². The van der Waals surface area contributed by atoms with Crippen LogP contribution in [-0.4, -0.2) is 16.3 Å². The highest BCUT2D eigenvalue weighted by Crippen LogP contribution is 2.10. The molecule has 1 rings (SSSR count). The molecule has 3 nitrogen and oxygen atoms in total. The Morgan fingerprint density at radius 1 is 0.950 bits per heavy atom. The molecule has 0 radical (unpaired) electrons. The molecular formula is C17H33N3. The van der Waals surface area contributed by atoms with E-state index >= 15 is 0 Å². The van der Waals surface area contributed by atoms with Crippen molar-refractivity contribution >= 4 is 0 Å². The summed E-state index contributed by atoms with van der Waals surface area (Å²) in [6.45, 7) is 4.30. The van der Waals surface area contributed by atoms with E-state index in [0.29, 0.717) is 0 Å². The zero-order valence-corrected chi connectivity index (χ0v) is 13.5. The Morgan fingerprint density at radius 3 is 2.10 bits per heavy atom. The van der Waals surface area contributed by atoms with Crippen molar-refractivity contribution in [3.05, 3.63) is 18.0 Å². The average molecular weight is 279 g/mol. The first kappa shape index (κ1) is 17.2. The second-order valence-corrected chi connectivity index (χ2v) is 5.84. The first-order chi connectivity index (χ1) is 9.83. The van der Waals surface area contributed by atoms with Gasteiger partial charge < -0.3 is 5.32 Å². The van der Waals surface area contributed by atoms with Gasteiger partial charge in [-0.2, -0.15) is 5.10 Å². The van der Waals surface area contributed by atoms with Crippen LogP contribution in [0.25, 0.3) is 0 Å². The number of aromatic nitrogens is 2. The van der Waals surface area contributed by atoms with Crippen LogP contribution < -0.4 is 5.32 Å². The van der Waals surface area contributed by atoms with Crippen molar-refractivity contribution in [2.24, 2.45) is 7.05 Å².